The Hall–Kier alpha value is -2.11. The zero-order valence-corrected chi connectivity index (χ0v) is 12.1. The van der Waals surface area contributed by atoms with Crippen LogP contribution in [0.3, 0.4) is 0 Å². The van der Waals surface area contributed by atoms with Crippen molar-refractivity contribution in [3.8, 4) is 5.75 Å². The summed E-state index contributed by atoms with van der Waals surface area (Å²) in [7, 11) is 0. The third kappa shape index (κ3) is 3.93. The number of pyridine rings is 1. The molecule has 0 atom stereocenters. The number of carboxylic acids is 1. The van der Waals surface area contributed by atoms with Gasteiger partial charge in [0.05, 0.1) is 12.2 Å². The number of nitrogens with zero attached hydrogens (tertiary/aromatic N) is 1. The molecular weight excluding hydrogens is 272 g/mol. The van der Waals surface area contributed by atoms with Crippen LogP contribution in [0.5, 0.6) is 5.75 Å². The van der Waals surface area contributed by atoms with Crippen LogP contribution in [0.2, 0.25) is 0 Å². The summed E-state index contributed by atoms with van der Waals surface area (Å²) in [5.74, 6) is -1.27. The number of carbonyl (C=O) groups excluding carboxylic acids is 1. The average Bonchev–Trinajstić information content (AvgIpc) is 2.48. The number of amides is 1. The summed E-state index contributed by atoms with van der Waals surface area (Å²) < 4.78 is 5.26. The summed E-state index contributed by atoms with van der Waals surface area (Å²) in [6.07, 6.45) is 6.74. The van der Waals surface area contributed by atoms with Crippen LogP contribution in [0, 0.1) is 0 Å². The van der Waals surface area contributed by atoms with Crippen LogP contribution < -0.4 is 10.1 Å². The third-order valence-electron chi connectivity index (χ3n) is 3.56. The van der Waals surface area contributed by atoms with Gasteiger partial charge in [-0.3, -0.25) is 4.79 Å². The summed E-state index contributed by atoms with van der Waals surface area (Å²) in [4.78, 5) is 27.1. The highest BCUT2D eigenvalue weighted by Crippen LogP contribution is 2.20. The topological polar surface area (TPSA) is 88.5 Å². The molecule has 0 radical (unpaired) electrons. The van der Waals surface area contributed by atoms with E-state index in [9.17, 15) is 9.59 Å². The first kappa shape index (κ1) is 15.3. The molecule has 2 rings (SSSR count). The van der Waals surface area contributed by atoms with Crippen molar-refractivity contribution in [2.24, 2.45) is 0 Å². The predicted octanol–water partition coefficient (Wildman–Crippen LogP) is 2.24. The second-order valence-corrected chi connectivity index (χ2v) is 5.12. The van der Waals surface area contributed by atoms with Crippen LogP contribution in [0.15, 0.2) is 12.3 Å². The van der Waals surface area contributed by atoms with Gasteiger partial charge in [0.25, 0.3) is 5.91 Å². The molecule has 2 N–H and O–H groups in total. The van der Waals surface area contributed by atoms with Crippen molar-refractivity contribution in [1.82, 2.24) is 10.3 Å². The molecule has 1 amide bonds. The second kappa shape index (κ2) is 7.06. The number of hydrogen-bond donors (Lipinski definition) is 2. The molecule has 1 heterocycles. The maximum absolute atomic E-state index is 12.2. The highest BCUT2D eigenvalue weighted by Gasteiger charge is 2.20. The molecule has 0 aliphatic heterocycles. The Labute approximate surface area is 123 Å². The van der Waals surface area contributed by atoms with Gasteiger partial charge in [-0.25, -0.2) is 9.78 Å². The zero-order valence-electron chi connectivity index (χ0n) is 12.1. The smallest absolute Gasteiger partial charge is 0.358 e. The first-order valence-electron chi connectivity index (χ1n) is 7.28. The molecule has 1 fully saturated rings. The molecule has 0 unspecified atom stereocenters. The number of carbonyl (C=O) groups is 2. The molecule has 6 nitrogen and oxygen atoms in total. The van der Waals surface area contributed by atoms with E-state index in [2.05, 4.69) is 10.3 Å². The number of hydrogen-bond acceptors (Lipinski definition) is 4. The van der Waals surface area contributed by atoms with Gasteiger partial charge in [-0.1, -0.05) is 19.3 Å². The van der Waals surface area contributed by atoms with Crippen LogP contribution in [0.25, 0.3) is 0 Å². The minimum absolute atomic E-state index is 0.126. The molecule has 1 aromatic rings. The summed E-state index contributed by atoms with van der Waals surface area (Å²) in [5, 5.41) is 12.0. The summed E-state index contributed by atoms with van der Waals surface area (Å²) in [6, 6.07) is 1.64. The Morgan fingerprint density at radius 1 is 1.38 bits per heavy atom. The lowest BCUT2D eigenvalue weighted by atomic mass is 9.95. The quantitative estimate of drug-likeness (QED) is 0.869. The molecular formula is C15H20N2O4. The van der Waals surface area contributed by atoms with Gasteiger partial charge in [-0.05, 0) is 25.8 Å². The summed E-state index contributed by atoms with van der Waals surface area (Å²) in [5.41, 5.74) is 0.153. The molecule has 0 spiro atoms. The Kier molecular flexibility index (Phi) is 5.14. The highest BCUT2D eigenvalue weighted by molar-refractivity contribution is 5.96. The monoisotopic (exact) mass is 292 g/mol. The molecule has 1 aromatic heterocycles. The first-order valence-corrected chi connectivity index (χ1v) is 7.28. The third-order valence-corrected chi connectivity index (χ3v) is 3.56. The van der Waals surface area contributed by atoms with Crippen molar-refractivity contribution in [3.05, 3.63) is 23.5 Å². The first-order chi connectivity index (χ1) is 10.1. The average molecular weight is 292 g/mol. The molecule has 1 aliphatic carbocycles. The van der Waals surface area contributed by atoms with E-state index in [1.165, 1.54) is 18.7 Å². The molecule has 114 valence electrons. The largest absolute Gasteiger partial charge is 0.491 e. The summed E-state index contributed by atoms with van der Waals surface area (Å²) >= 11 is 0. The highest BCUT2D eigenvalue weighted by atomic mass is 16.5. The lowest BCUT2D eigenvalue weighted by Gasteiger charge is -2.22. The van der Waals surface area contributed by atoms with Crippen molar-refractivity contribution >= 4 is 11.9 Å². The van der Waals surface area contributed by atoms with Gasteiger partial charge in [0, 0.05) is 12.2 Å². The number of carboxylic acid groups (broad SMARTS) is 1. The fourth-order valence-electron chi connectivity index (χ4n) is 2.51. The van der Waals surface area contributed by atoms with Crippen molar-refractivity contribution in [1.29, 1.82) is 0 Å². The predicted molar refractivity (Wildman–Crippen MR) is 76.7 cm³/mol. The number of nitrogens with one attached hydrogen (secondary N) is 1. The zero-order chi connectivity index (χ0) is 15.2. The SMILES string of the molecule is CCOc1cc(C(=O)NC2CCCCC2)cnc1C(=O)O. The standard InChI is InChI=1S/C15H20N2O4/c1-2-21-12-8-10(9-16-13(12)15(19)20)14(18)17-11-6-4-3-5-7-11/h8-9,11H,2-7H2,1H3,(H,17,18)(H,19,20). The van der Waals surface area contributed by atoms with E-state index in [0.29, 0.717) is 12.2 Å². The molecule has 1 saturated carbocycles. The van der Waals surface area contributed by atoms with Gasteiger partial charge >= 0.3 is 5.97 Å². The van der Waals surface area contributed by atoms with E-state index < -0.39 is 5.97 Å². The Morgan fingerprint density at radius 3 is 2.71 bits per heavy atom. The Morgan fingerprint density at radius 2 is 2.10 bits per heavy atom. The second-order valence-electron chi connectivity index (χ2n) is 5.12. The maximum atomic E-state index is 12.2. The van der Waals surface area contributed by atoms with E-state index >= 15 is 0 Å². The van der Waals surface area contributed by atoms with E-state index in [4.69, 9.17) is 9.84 Å². The van der Waals surface area contributed by atoms with Gasteiger partial charge in [0.1, 0.15) is 0 Å². The van der Waals surface area contributed by atoms with E-state index in [1.807, 2.05) is 0 Å². The molecule has 0 saturated heterocycles. The van der Waals surface area contributed by atoms with Crippen molar-refractivity contribution in [2.75, 3.05) is 6.61 Å². The van der Waals surface area contributed by atoms with Crippen LogP contribution in [-0.4, -0.2) is 34.6 Å². The summed E-state index contributed by atoms with van der Waals surface area (Å²) in [6.45, 7) is 2.07. The van der Waals surface area contributed by atoms with Gasteiger partial charge in [0.2, 0.25) is 0 Å². The molecule has 1 aliphatic rings. The number of aromatic nitrogens is 1. The van der Waals surface area contributed by atoms with Crippen molar-refractivity contribution in [2.45, 2.75) is 45.1 Å². The minimum atomic E-state index is -1.17. The number of rotatable bonds is 5. The van der Waals surface area contributed by atoms with E-state index in [0.717, 1.165) is 25.7 Å². The lowest BCUT2D eigenvalue weighted by Crippen LogP contribution is -2.36. The molecule has 6 heteroatoms. The van der Waals surface area contributed by atoms with Crippen LogP contribution >= 0.6 is 0 Å². The Balaban J connectivity index is 2.13. The van der Waals surface area contributed by atoms with Crippen LogP contribution in [0.4, 0.5) is 0 Å². The normalized spacial score (nSPS) is 15.5. The fourth-order valence-corrected chi connectivity index (χ4v) is 2.51. The van der Waals surface area contributed by atoms with Crippen LogP contribution in [0.1, 0.15) is 59.9 Å². The molecule has 0 aromatic carbocycles. The van der Waals surface area contributed by atoms with Crippen molar-refractivity contribution in [3.63, 3.8) is 0 Å². The van der Waals surface area contributed by atoms with Crippen molar-refractivity contribution < 1.29 is 19.4 Å². The molecule has 0 bridgehead atoms. The van der Waals surface area contributed by atoms with Crippen LogP contribution in [-0.2, 0) is 0 Å². The fraction of sp³-hybridized carbons (Fsp3) is 0.533. The van der Waals surface area contributed by atoms with Gasteiger partial charge in [-0.15, -0.1) is 0 Å². The van der Waals surface area contributed by atoms with Gasteiger partial charge in [0.15, 0.2) is 11.4 Å². The number of aromatic carboxylic acids is 1. The minimum Gasteiger partial charge on any atom is -0.491 e. The van der Waals surface area contributed by atoms with E-state index in [-0.39, 0.29) is 23.4 Å². The Bertz CT molecular complexity index is 524. The van der Waals surface area contributed by atoms with Gasteiger partial charge in [-0.2, -0.15) is 0 Å². The molecule has 21 heavy (non-hydrogen) atoms. The number of ether oxygens (including phenoxy) is 1. The van der Waals surface area contributed by atoms with E-state index in [1.54, 1.807) is 6.92 Å². The maximum Gasteiger partial charge on any atom is 0.358 e. The lowest BCUT2D eigenvalue weighted by molar-refractivity contribution is 0.0684. The van der Waals surface area contributed by atoms with Gasteiger partial charge < -0.3 is 15.2 Å².